The van der Waals surface area contributed by atoms with Crippen molar-refractivity contribution in [2.75, 3.05) is 5.32 Å². The Morgan fingerprint density at radius 3 is 2.60 bits per heavy atom. The van der Waals surface area contributed by atoms with Gasteiger partial charge < -0.3 is 9.73 Å². The van der Waals surface area contributed by atoms with E-state index in [1.807, 2.05) is 30.3 Å². The highest BCUT2D eigenvalue weighted by Crippen LogP contribution is 2.28. The van der Waals surface area contributed by atoms with Crippen molar-refractivity contribution >= 4 is 27.4 Å². The molecule has 0 aliphatic carbocycles. The fourth-order valence-electron chi connectivity index (χ4n) is 2.96. The number of hydrogen-bond donors (Lipinski definition) is 1. The van der Waals surface area contributed by atoms with E-state index in [-0.39, 0.29) is 6.54 Å². The number of hydrogen-bond acceptors (Lipinski definition) is 3. The Hall–Kier alpha value is -3.21. The van der Waals surface area contributed by atoms with Crippen LogP contribution in [0.4, 0.5) is 14.5 Å². The van der Waals surface area contributed by atoms with Crippen molar-refractivity contribution in [3.63, 3.8) is 0 Å². The van der Waals surface area contributed by atoms with Crippen molar-refractivity contribution in [2.24, 2.45) is 0 Å². The molecule has 3 nitrogen and oxygen atoms in total. The minimum Gasteiger partial charge on any atom is -0.423 e. The summed E-state index contributed by atoms with van der Waals surface area (Å²) in [6.45, 7) is 0.279. The second kappa shape index (κ2) is 6.02. The molecule has 0 saturated heterocycles. The molecular weight excluding hydrogens is 324 g/mol. The fourth-order valence-corrected chi connectivity index (χ4v) is 2.96. The predicted molar refractivity (Wildman–Crippen MR) is 93.7 cm³/mol. The summed E-state index contributed by atoms with van der Waals surface area (Å²) in [6, 6.07) is 16.5. The van der Waals surface area contributed by atoms with Crippen molar-refractivity contribution in [3.05, 3.63) is 88.3 Å². The molecule has 0 amide bonds. The molecule has 1 heterocycles. The molecule has 3 aromatic carbocycles. The maximum absolute atomic E-state index is 13.4. The summed E-state index contributed by atoms with van der Waals surface area (Å²) in [5.41, 5.74) is 1.20. The molecule has 4 rings (SSSR count). The zero-order valence-electron chi connectivity index (χ0n) is 13.1. The van der Waals surface area contributed by atoms with Gasteiger partial charge in [-0.3, -0.25) is 0 Å². The molecule has 1 aromatic heterocycles. The minimum absolute atomic E-state index is 0.279. The zero-order chi connectivity index (χ0) is 17.4. The van der Waals surface area contributed by atoms with Crippen molar-refractivity contribution in [2.45, 2.75) is 6.54 Å². The average molecular weight is 337 g/mol. The Balaban J connectivity index is 1.81. The van der Waals surface area contributed by atoms with Crippen LogP contribution in [0.2, 0.25) is 0 Å². The van der Waals surface area contributed by atoms with E-state index in [1.54, 1.807) is 6.07 Å². The molecule has 25 heavy (non-hydrogen) atoms. The van der Waals surface area contributed by atoms with Gasteiger partial charge in [-0.2, -0.15) is 0 Å². The molecule has 0 unspecified atom stereocenters. The highest BCUT2D eigenvalue weighted by atomic mass is 19.2. The van der Waals surface area contributed by atoms with Gasteiger partial charge in [-0.05, 0) is 34.5 Å². The van der Waals surface area contributed by atoms with Crippen LogP contribution in [0.3, 0.4) is 0 Å². The lowest BCUT2D eigenvalue weighted by Crippen LogP contribution is -2.06. The third kappa shape index (κ3) is 2.85. The topological polar surface area (TPSA) is 42.2 Å². The van der Waals surface area contributed by atoms with E-state index < -0.39 is 17.3 Å². The number of halogens is 2. The van der Waals surface area contributed by atoms with E-state index in [0.717, 1.165) is 33.9 Å². The summed E-state index contributed by atoms with van der Waals surface area (Å²) in [7, 11) is 0. The highest BCUT2D eigenvalue weighted by Gasteiger charge is 2.10. The Kier molecular flexibility index (Phi) is 3.69. The SMILES string of the molecule is O=c1cc(CNc2ccc(F)c(F)c2)c2c(ccc3ccccc32)o1. The monoisotopic (exact) mass is 337 g/mol. The molecule has 0 bridgehead atoms. The summed E-state index contributed by atoms with van der Waals surface area (Å²) in [6.07, 6.45) is 0. The van der Waals surface area contributed by atoms with Crippen LogP contribution in [0, 0.1) is 11.6 Å². The smallest absolute Gasteiger partial charge is 0.336 e. The number of rotatable bonds is 3. The van der Waals surface area contributed by atoms with Crippen LogP contribution in [0.15, 0.2) is 69.9 Å². The lowest BCUT2D eigenvalue weighted by molar-refractivity contribution is 0.509. The molecular formula is C20H13F2NO2. The van der Waals surface area contributed by atoms with Crippen LogP contribution >= 0.6 is 0 Å². The van der Waals surface area contributed by atoms with Crippen LogP contribution < -0.4 is 10.9 Å². The third-order valence-electron chi connectivity index (χ3n) is 4.12. The van der Waals surface area contributed by atoms with Crippen molar-refractivity contribution in [3.8, 4) is 0 Å². The van der Waals surface area contributed by atoms with Gasteiger partial charge >= 0.3 is 5.63 Å². The first-order valence-electron chi connectivity index (χ1n) is 7.75. The Bertz CT molecular complexity index is 1150. The number of benzene rings is 3. The molecule has 0 saturated carbocycles. The van der Waals surface area contributed by atoms with E-state index in [0.29, 0.717) is 11.3 Å². The van der Waals surface area contributed by atoms with Crippen LogP contribution in [0.5, 0.6) is 0 Å². The Morgan fingerprint density at radius 2 is 1.76 bits per heavy atom. The minimum atomic E-state index is -0.923. The molecule has 124 valence electrons. The van der Waals surface area contributed by atoms with E-state index >= 15 is 0 Å². The zero-order valence-corrected chi connectivity index (χ0v) is 13.1. The average Bonchev–Trinajstić information content (AvgIpc) is 2.62. The number of anilines is 1. The largest absolute Gasteiger partial charge is 0.423 e. The highest BCUT2D eigenvalue weighted by molar-refractivity contribution is 6.07. The molecule has 4 aromatic rings. The molecule has 1 N–H and O–H groups in total. The van der Waals surface area contributed by atoms with Crippen LogP contribution in [0.1, 0.15) is 5.56 Å². The number of fused-ring (bicyclic) bond motifs is 3. The van der Waals surface area contributed by atoms with E-state index in [9.17, 15) is 13.6 Å². The second-order valence-electron chi connectivity index (χ2n) is 5.73. The van der Waals surface area contributed by atoms with Crippen LogP contribution in [-0.4, -0.2) is 0 Å². The first-order chi connectivity index (χ1) is 12.1. The van der Waals surface area contributed by atoms with E-state index in [4.69, 9.17) is 4.42 Å². The first kappa shape index (κ1) is 15.3. The van der Waals surface area contributed by atoms with Crippen molar-refractivity contribution < 1.29 is 13.2 Å². The maximum atomic E-state index is 13.4. The van der Waals surface area contributed by atoms with Gasteiger partial charge in [-0.1, -0.05) is 30.3 Å². The molecule has 0 fully saturated rings. The fraction of sp³-hybridized carbons (Fsp3) is 0.0500. The second-order valence-corrected chi connectivity index (χ2v) is 5.73. The van der Waals surface area contributed by atoms with Gasteiger partial charge in [0.1, 0.15) is 5.58 Å². The lowest BCUT2D eigenvalue weighted by Gasteiger charge is -2.11. The predicted octanol–water partition coefficient (Wildman–Crippen LogP) is 4.84. The molecule has 0 aliphatic heterocycles. The Labute approximate surface area is 141 Å². The number of nitrogens with one attached hydrogen (secondary N) is 1. The van der Waals surface area contributed by atoms with E-state index in [1.165, 1.54) is 12.1 Å². The van der Waals surface area contributed by atoms with Gasteiger partial charge in [-0.25, -0.2) is 13.6 Å². The molecule has 0 spiro atoms. The van der Waals surface area contributed by atoms with Gasteiger partial charge in [0.25, 0.3) is 0 Å². The summed E-state index contributed by atoms with van der Waals surface area (Å²) < 4.78 is 31.7. The van der Waals surface area contributed by atoms with Gasteiger partial charge in [0.2, 0.25) is 0 Å². The molecule has 0 aliphatic rings. The molecule has 0 atom stereocenters. The van der Waals surface area contributed by atoms with Gasteiger partial charge in [0, 0.05) is 29.8 Å². The first-order valence-corrected chi connectivity index (χ1v) is 7.75. The Morgan fingerprint density at radius 1 is 0.920 bits per heavy atom. The molecule has 5 heteroatoms. The van der Waals surface area contributed by atoms with Gasteiger partial charge in [0.05, 0.1) is 0 Å². The van der Waals surface area contributed by atoms with Gasteiger partial charge in [0.15, 0.2) is 11.6 Å². The van der Waals surface area contributed by atoms with Crippen molar-refractivity contribution in [1.29, 1.82) is 0 Å². The summed E-state index contributed by atoms with van der Waals surface area (Å²) >= 11 is 0. The summed E-state index contributed by atoms with van der Waals surface area (Å²) in [5, 5.41) is 5.84. The maximum Gasteiger partial charge on any atom is 0.336 e. The standard InChI is InChI=1S/C20H13F2NO2/c21-16-7-6-14(10-17(16)22)23-11-13-9-19(24)25-18-8-5-12-3-1-2-4-15(12)20(13)18/h1-10,23H,11H2. The third-order valence-corrected chi connectivity index (χ3v) is 4.12. The molecule has 0 radical (unpaired) electrons. The quantitative estimate of drug-likeness (QED) is 0.430. The van der Waals surface area contributed by atoms with E-state index in [2.05, 4.69) is 5.32 Å². The van der Waals surface area contributed by atoms with Crippen LogP contribution in [-0.2, 0) is 6.54 Å². The van der Waals surface area contributed by atoms with Crippen LogP contribution in [0.25, 0.3) is 21.7 Å². The summed E-state index contributed by atoms with van der Waals surface area (Å²) in [5.74, 6) is -1.82. The van der Waals surface area contributed by atoms with Gasteiger partial charge in [-0.15, -0.1) is 0 Å². The lowest BCUT2D eigenvalue weighted by atomic mass is 10.0. The normalized spacial score (nSPS) is 11.1. The summed E-state index contributed by atoms with van der Waals surface area (Å²) in [4.78, 5) is 11.8. The van der Waals surface area contributed by atoms with Crippen molar-refractivity contribution in [1.82, 2.24) is 0 Å².